The first-order valence-corrected chi connectivity index (χ1v) is 5.97. The minimum atomic E-state index is -1.14. The van der Waals surface area contributed by atoms with E-state index in [1.54, 1.807) is 7.11 Å². The van der Waals surface area contributed by atoms with Crippen LogP contribution in [0.1, 0.15) is 16.2 Å². The molecular formula is C14H12N2O4. The Morgan fingerprint density at radius 1 is 1.40 bits per heavy atom. The van der Waals surface area contributed by atoms with Crippen LogP contribution in [0.2, 0.25) is 0 Å². The molecule has 2 aromatic heterocycles. The summed E-state index contributed by atoms with van der Waals surface area (Å²) in [5, 5.41) is 13.7. The second-order valence-corrected chi connectivity index (χ2v) is 4.42. The largest absolute Gasteiger partial charge is 0.497 e. The Kier molecular flexibility index (Phi) is 2.71. The van der Waals surface area contributed by atoms with Gasteiger partial charge in [0, 0.05) is 34.3 Å². The molecule has 6 nitrogen and oxygen atoms in total. The van der Waals surface area contributed by atoms with Crippen molar-refractivity contribution in [3.63, 3.8) is 0 Å². The number of aromatic nitrogens is 2. The van der Waals surface area contributed by atoms with Gasteiger partial charge in [0.25, 0.3) is 0 Å². The van der Waals surface area contributed by atoms with Gasteiger partial charge >= 0.3 is 5.97 Å². The molecule has 0 saturated carbocycles. The highest BCUT2D eigenvalue weighted by atomic mass is 16.5. The molecule has 0 bridgehead atoms. The summed E-state index contributed by atoms with van der Waals surface area (Å²) in [6.45, 7) is 1.90. The maximum Gasteiger partial charge on any atom is 0.374 e. The number of carboxylic acid groups (broad SMARTS) is 1. The van der Waals surface area contributed by atoms with Gasteiger partial charge in [-0.1, -0.05) is 5.16 Å². The SMILES string of the molecule is COc1ccc2c(-c3cc(C(=O)O)on3)c(C)[nH]c2c1. The number of hydrogen-bond donors (Lipinski definition) is 2. The lowest BCUT2D eigenvalue weighted by Crippen LogP contribution is -1.91. The average molecular weight is 272 g/mol. The minimum absolute atomic E-state index is 0.178. The third kappa shape index (κ3) is 1.82. The highest BCUT2D eigenvalue weighted by Gasteiger charge is 2.17. The molecular weight excluding hydrogens is 260 g/mol. The Bertz CT molecular complexity index is 801. The number of aromatic amines is 1. The monoisotopic (exact) mass is 272 g/mol. The summed E-state index contributed by atoms with van der Waals surface area (Å²) >= 11 is 0. The van der Waals surface area contributed by atoms with Gasteiger partial charge in [-0.3, -0.25) is 0 Å². The number of ether oxygens (including phenoxy) is 1. The van der Waals surface area contributed by atoms with E-state index < -0.39 is 5.97 Å². The van der Waals surface area contributed by atoms with E-state index in [9.17, 15) is 4.79 Å². The predicted molar refractivity (Wildman–Crippen MR) is 72.0 cm³/mol. The van der Waals surface area contributed by atoms with E-state index >= 15 is 0 Å². The summed E-state index contributed by atoms with van der Waals surface area (Å²) in [4.78, 5) is 14.1. The Labute approximate surface area is 114 Å². The maximum atomic E-state index is 10.9. The second kappa shape index (κ2) is 4.41. The number of H-pyrrole nitrogens is 1. The molecule has 2 N–H and O–H groups in total. The lowest BCUT2D eigenvalue weighted by Gasteiger charge is -1.99. The number of carboxylic acids is 1. The molecule has 2 heterocycles. The molecule has 102 valence electrons. The molecule has 6 heteroatoms. The van der Waals surface area contributed by atoms with Crippen molar-refractivity contribution in [1.29, 1.82) is 0 Å². The van der Waals surface area contributed by atoms with Crippen molar-refractivity contribution in [1.82, 2.24) is 10.1 Å². The van der Waals surface area contributed by atoms with Gasteiger partial charge in [-0.15, -0.1) is 0 Å². The molecule has 0 aliphatic heterocycles. The van der Waals surface area contributed by atoms with Gasteiger partial charge in [-0.25, -0.2) is 4.79 Å². The molecule has 0 spiro atoms. The van der Waals surface area contributed by atoms with Gasteiger partial charge in [0.1, 0.15) is 11.4 Å². The summed E-state index contributed by atoms with van der Waals surface area (Å²) in [6, 6.07) is 7.05. The smallest absolute Gasteiger partial charge is 0.374 e. The van der Waals surface area contributed by atoms with Gasteiger partial charge in [-0.05, 0) is 19.1 Å². The summed E-state index contributed by atoms with van der Waals surface area (Å²) < 4.78 is 9.99. The van der Waals surface area contributed by atoms with Crippen molar-refractivity contribution in [2.45, 2.75) is 6.92 Å². The molecule has 0 fully saturated rings. The molecule has 0 amide bonds. The summed E-state index contributed by atoms with van der Waals surface area (Å²) in [7, 11) is 1.61. The van der Waals surface area contributed by atoms with Crippen molar-refractivity contribution >= 4 is 16.9 Å². The van der Waals surface area contributed by atoms with Crippen LogP contribution in [0.25, 0.3) is 22.2 Å². The van der Waals surface area contributed by atoms with E-state index in [1.807, 2.05) is 25.1 Å². The number of aryl methyl sites for hydroxylation is 1. The van der Waals surface area contributed by atoms with Crippen molar-refractivity contribution in [2.75, 3.05) is 7.11 Å². The van der Waals surface area contributed by atoms with Crippen LogP contribution in [-0.2, 0) is 0 Å². The number of aromatic carboxylic acids is 1. The first kappa shape index (κ1) is 12.3. The van der Waals surface area contributed by atoms with Crippen molar-refractivity contribution in [2.24, 2.45) is 0 Å². The van der Waals surface area contributed by atoms with Gasteiger partial charge in [0.2, 0.25) is 5.76 Å². The molecule has 0 radical (unpaired) electrons. The van der Waals surface area contributed by atoms with Gasteiger partial charge < -0.3 is 19.4 Å². The lowest BCUT2D eigenvalue weighted by atomic mass is 10.1. The zero-order chi connectivity index (χ0) is 14.3. The molecule has 3 aromatic rings. The maximum absolute atomic E-state index is 10.9. The van der Waals surface area contributed by atoms with Crippen LogP contribution in [0, 0.1) is 6.92 Å². The number of hydrogen-bond acceptors (Lipinski definition) is 4. The summed E-state index contributed by atoms with van der Waals surface area (Å²) in [5.74, 6) is -0.568. The lowest BCUT2D eigenvalue weighted by molar-refractivity contribution is 0.0652. The summed E-state index contributed by atoms with van der Waals surface area (Å²) in [6.07, 6.45) is 0. The number of nitrogens with one attached hydrogen (secondary N) is 1. The number of fused-ring (bicyclic) bond motifs is 1. The van der Waals surface area contributed by atoms with Crippen LogP contribution < -0.4 is 4.74 Å². The molecule has 0 saturated heterocycles. The van der Waals surface area contributed by atoms with E-state index in [0.29, 0.717) is 5.69 Å². The number of rotatable bonds is 3. The third-order valence-electron chi connectivity index (χ3n) is 3.17. The Morgan fingerprint density at radius 2 is 2.20 bits per heavy atom. The standard InChI is InChI=1S/C14H12N2O4/c1-7-13(11-6-12(14(17)18)20-16-11)9-4-3-8(19-2)5-10(9)15-7/h3-6,15H,1-2H3,(H,17,18). The second-order valence-electron chi connectivity index (χ2n) is 4.42. The van der Waals surface area contributed by atoms with E-state index in [-0.39, 0.29) is 5.76 Å². The average Bonchev–Trinajstić information content (AvgIpc) is 3.00. The first-order valence-electron chi connectivity index (χ1n) is 5.97. The molecule has 1 aromatic carbocycles. The van der Waals surface area contributed by atoms with Crippen LogP contribution >= 0.6 is 0 Å². The third-order valence-corrected chi connectivity index (χ3v) is 3.17. The zero-order valence-electron chi connectivity index (χ0n) is 10.9. The Morgan fingerprint density at radius 3 is 2.85 bits per heavy atom. The van der Waals surface area contributed by atoms with Crippen LogP contribution in [0.4, 0.5) is 0 Å². The van der Waals surface area contributed by atoms with E-state index in [0.717, 1.165) is 27.9 Å². The highest BCUT2D eigenvalue weighted by molar-refractivity contribution is 5.98. The first-order chi connectivity index (χ1) is 9.60. The summed E-state index contributed by atoms with van der Waals surface area (Å²) in [5.41, 5.74) is 3.12. The Balaban J connectivity index is 2.19. The molecule has 0 unspecified atom stereocenters. The van der Waals surface area contributed by atoms with Crippen molar-refractivity contribution < 1.29 is 19.2 Å². The van der Waals surface area contributed by atoms with Crippen LogP contribution in [0.3, 0.4) is 0 Å². The van der Waals surface area contributed by atoms with Crippen LogP contribution in [0.15, 0.2) is 28.8 Å². The van der Waals surface area contributed by atoms with Gasteiger partial charge in [-0.2, -0.15) is 0 Å². The quantitative estimate of drug-likeness (QED) is 0.765. The molecule has 0 aliphatic rings. The predicted octanol–water partition coefficient (Wildman–Crippen LogP) is 2.84. The van der Waals surface area contributed by atoms with E-state index in [4.69, 9.17) is 14.4 Å². The van der Waals surface area contributed by atoms with Crippen molar-refractivity contribution in [3.8, 4) is 17.0 Å². The Hall–Kier alpha value is -2.76. The number of nitrogens with zero attached hydrogens (tertiary/aromatic N) is 1. The normalized spacial score (nSPS) is 10.9. The van der Waals surface area contributed by atoms with Gasteiger partial charge in [0.05, 0.1) is 7.11 Å². The fraction of sp³-hybridized carbons (Fsp3) is 0.143. The zero-order valence-corrected chi connectivity index (χ0v) is 10.9. The topological polar surface area (TPSA) is 88.3 Å². The van der Waals surface area contributed by atoms with Crippen LogP contribution in [-0.4, -0.2) is 28.3 Å². The van der Waals surface area contributed by atoms with E-state index in [1.165, 1.54) is 6.07 Å². The minimum Gasteiger partial charge on any atom is -0.497 e. The molecule has 3 rings (SSSR count). The van der Waals surface area contributed by atoms with Crippen molar-refractivity contribution in [3.05, 3.63) is 35.7 Å². The molecule has 20 heavy (non-hydrogen) atoms. The van der Waals surface area contributed by atoms with Gasteiger partial charge in [0.15, 0.2) is 0 Å². The highest BCUT2D eigenvalue weighted by Crippen LogP contribution is 2.33. The molecule has 0 atom stereocenters. The van der Waals surface area contributed by atoms with Crippen LogP contribution in [0.5, 0.6) is 5.75 Å². The fourth-order valence-corrected chi connectivity index (χ4v) is 2.26. The number of benzene rings is 1. The fourth-order valence-electron chi connectivity index (χ4n) is 2.26. The number of methoxy groups -OCH3 is 1. The molecule has 0 aliphatic carbocycles. The van der Waals surface area contributed by atoms with E-state index in [2.05, 4.69) is 10.1 Å². The number of carbonyl (C=O) groups is 1.